The van der Waals surface area contributed by atoms with E-state index in [-0.39, 0.29) is 0 Å². The lowest BCUT2D eigenvalue weighted by atomic mass is 9.85. The largest absolute Gasteiger partial charge is 0.497 e. The fraction of sp³-hybridized carbons (Fsp3) is 0.667. The number of likely N-dealkylation sites (tertiary alicyclic amines) is 1. The van der Waals surface area contributed by atoms with Gasteiger partial charge in [0.1, 0.15) is 5.75 Å². The van der Waals surface area contributed by atoms with Crippen molar-refractivity contribution < 1.29 is 9.47 Å². The average molecular weight is 377 g/mol. The first-order valence-corrected chi connectivity index (χ1v) is 10.1. The average Bonchev–Trinajstić information content (AvgIpc) is 2.69. The lowest BCUT2D eigenvalue weighted by Gasteiger charge is -2.39. The maximum atomic E-state index is 5.40. The van der Waals surface area contributed by atoms with E-state index in [0.29, 0.717) is 18.6 Å². The molecule has 1 heterocycles. The molecule has 27 heavy (non-hydrogen) atoms. The molecule has 0 saturated carbocycles. The minimum atomic E-state index is 0.389. The Bertz CT molecular complexity index is 562. The number of guanidine groups is 1. The first kappa shape index (κ1) is 21.5. The van der Waals surface area contributed by atoms with Crippen molar-refractivity contribution in [1.29, 1.82) is 0 Å². The summed E-state index contributed by atoms with van der Waals surface area (Å²) in [5, 5.41) is 6.69. The number of rotatable bonds is 9. The Morgan fingerprint density at radius 2 is 2.00 bits per heavy atom. The molecule has 2 N–H and O–H groups in total. The zero-order chi connectivity index (χ0) is 19.5. The van der Waals surface area contributed by atoms with E-state index in [9.17, 15) is 0 Å². The Morgan fingerprint density at radius 1 is 1.22 bits per heavy atom. The molecule has 0 amide bonds. The number of benzene rings is 1. The van der Waals surface area contributed by atoms with Crippen molar-refractivity contribution in [2.45, 2.75) is 32.7 Å². The number of aliphatic imine (C=N–C) groups is 1. The van der Waals surface area contributed by atoms with E-state index in [1.807, 2.05) is 6.92 Å². The van der Waals surface area contributed by atoms with E-state index in [0.717, 1.165) is 44.5 Å². The number of hydrogen-bond acceptors (Lipinski definition) is 4. The van der Waals surface area contributed by atoms with Crippen molar-refractivity contribution in [2.24, 2.45) is 10.9 Å². The summed E-state index contributed by atoms with van der Waals surface area (Å²) in [5.74, 6) is 2.28. The van der Waals surface area contributed by atoms with Crippen LogP contribution in [0.1, 0.15) is 38.3 Å². The molecule has 0 spiro atoms. The van der Waals surface area contributed by atoms with Gasteiger partial charge in [0.15, 0.2) is 5.96 Å². The molecule has 2 rings (SSSR count). The number of piperidine rings is 1. The third-order valence-corrected chi connectivity index (χ3v) is 5.04. The summed E-state index contributed by atoms with van der Waals surface area (Å²) in [7, 11) is 3.93. The van der Waals surface area contributed by atoms with Gasteiger partial charge < -0.3 is 20.1 Å². The van der Waals surface area contributed by atoms with E-state index >= 15 is 0 Å². The lowest BCUT2D eigenvalue weighted by Crippen LogP contribution is -2.41. The highest BCUT2D eigenvalue weighted by Gasteiger charge is 2.30. The summed E-state index contributed by atoms with van der Waals surface area (Å²) < 4.78 is 10.7. The molecule has 152 valence electrons. The molecule has 6 heteroatoms. The second kappa shape index (κ2) is 11.8. The van der Waals surface area contributed by atoms with Crippen LogP contribution in [-0.4, -0.2) is 64.4 Å². The summed E-state index contributed by atoms with van der Waals surface area (Å²) in [6.07, 6.45) is 2.42. The Hall–Kier alpha value is -1.79. The van der Waals surface area contributed by atoms with Crippen molar-refractivity contribution in [1.82, 2.24) is 15.5 Å². The maximum absolute atomic E-state index is 5.40. The number of hydrogen-bond donors (Lipinski definition) is 2. The van der Waals surface area contributed by atoms with Crippen LogP contribution in [-0.2, 0) is 4.74 Å². The Labute approximate surface area is 164 Å². The molecule has 1 fully saturated rings. The summed E-state index contributed by atoms with van der Waals surface area (Å²) in [6, 6.07) is 8.87. The number of methoxy groups -OCH3 is 1. The van der Waals surface area contributed by atoms with Crippen LogP contribution in [0.4, 0.5) is 0 Å². The molecule has 2 unspecified atom stereocenters. The quantitative estimate of drug-likeness (QED) is 0.394. The van der Waals surface area contributed by atoms with Gasteiger partial charge in [0, 0.05) is 32.3 Å². The zero-order valence-corrected chi connectivity index (χ0v) is 17.3. The standard InChI is InChI=1S/C21H36N4O2/c1-5-22-21(23-13-15-27-6-2)24-16-18-8-7-14-25(3)20(18)17-9-11-19(26-4)12-10-17/h9-12,18,20H,5-8,13-16H2,1-4H3,(H2,22,23,24). The first-order valence-electron chi connectivity index (χ1n) is 10.1. The molecule has 0 aliphatic carbocycles. The van der Waals surface area contributed by atoms with Gasteiger partial charge in [-0.3, -0.25) is 9.89 Å². The van der Waals surface area contributed by atoms with Crippen LogP contribution >= 0.6 is 0 Å². The van der Waals surface area contributed by atoms with Crippen LogP contribution in [0.3, 0.4) is 0 Å². The van der Waals surface area contributed by atoms with Gasteiger partial charge >= 0.3 is 0 Å². The second-order valence-corrected chi connectivity index (χ2v) is 6.94. The molecular formula is C21H36N4O2. The van der Waals surface area contributed by atoms with E-state index in [1.54, 1.807) is 7.11 Å². The minimum Gasteiger partial charge on any atom is -0.497 e. The topological polar surface area (TPSA) is 58.1 Å². The SMILES string of the molecule is CCNC(=NCC1CCCN(C)C1c1ccc(OC)cc1)NCCOCC. The van der Waals surface area contributed by atoms with E-state index in [4.69, 9.17) is 14.5 Å². The minimum absolute atomic E-state index is 0.389. The van der Waals surface area contributed by atoms with Crippen LogP contribution in [0.5, 0.6) is 5.75 Å². The van der Waals surface area contributed by atoms with Crippen LogP contribution in [0.2, 0.25) is 0 Å². The van der Waals surface area contributed by atoms with Gasteiger partial charge in [-0.15, -0.1) is 0 Å². The van der Waals surface area contributed by atoms with Crippen molar-refractivity contribution >= 4 is 5.96 Å². The lowest BCUT2D eigenvalue weighted by molar-refractivity contribution is 0.125. The monoisotopic (exact) mass is 376 g/mol. The molecule has 1 saturated heterocycles. The summed E-state index contributed by atoms with van der Waals surface area (Å²) in [5.41, 5.74) is 1.34. The molecule has 2 atom stereocenters. The van der Waals surface area contributed by atoms with Gasteiger partial charge in [0.25, 0.3) is 0 Å². The Kier molecular flexibility index (Phi) is 9.42. The van der Waals surface area contributed by atoms with E-state index < -0.39 is 0 Å². The van der Waals surface area contributed by atoms with Crippen molar-refractivity contribution in [3.8, 4) is 5.75 Å². The van der Waals surface area contributed by atoms with Crippen molar-refractivity contribution in [3.05, 3.63) is 29.8 Å². The van der Waals surface area contributed by atoms with Gasteiger partial charge in [0.05, 0.1) is 13.7 Å². The zero-order valence-electron chi connectivity index (χ0n) is 17.3. The molecule has 1 aliphatic rings. The molecule has 0 bridgehead atoms. The molecule has 1 aromatic carbocycles. The number of nitrogens with zero attached hydrogens (tertiary/aromatic N) is 2. The third kappa shape index (κ3) is 6.70. The van der Waals surface area contributed by atoms with Gasteiger partial charge in [-0.05, 0) is 63.9 Å². The highest BCUT2D eigenvalue weighted by atomic mass is 16.5. The number of ether oxygens (including phenoxy) is 2. The van der Waals surface area contributed by atoms with Crippen molar-refractivity contribution in [3.63, 3.8) is 0 Å². The van der Waals surface area contributed by atoms with E-state index in [2.05, 4.69) is 53.8 Å². The summed E-state index contributed by atoms with van der Waals surface area (Å²) in [6.45, 7) is 9.11. The molecule has 6 nitrogen and oxygen atoms in total. The van der Waals surface area contributed by atoms with Gasteiger partial charge in [0.2, 0.25) is 0 Å². The van der Waals surface area contributed by atoms with Crippen LogP contribution < -0.4 is 15.4 Å². The molecule has 0 aromatic heterocycles. The molecule has 0 radical (unpaired) electrons. The fourth-order valence-electron chi connectivity index (χ4n) is 3.71. The molecular weight excluding hydrogens is 340 g/mol. The first-order chi connectivity index (χ1) is 13.2. The molecule has 1 aliphatic heterocycles. The highest BCUT2D eigenvalue weighted by Crippen LogP contribution is 2.35. The fourth-order valence-corrected chi connectivity index (χ4v) is 3.71. The number of nitrogens with one attached hydrogen (secondary N) is 2. The maximum Gasteiger partial charge on any atom is 0.191 e. The van der Waals surface area contributed by atoms with Crippen LogP contribution in [0.15, 0.2) is 29.3 Å². The Morgan fingerprint density at radius 3 is 2.67 bits per heavy atom. The molecule has 1 aromatic rings. The van der Waals surface area contributed by atoms with Crippen molar-refractivity contribution in [2.75, 3.05) is 53.6 Å². The van der Waals surface area contributed by atoms with Crippen LogP contribution in [0.25, 0.3) is 0 Å². The predicted molar refractivity (Wildman–Crippen MR) is 112 cm³/mol. The predicted octanol–water partition coefficient (Wildman–Crippen LogP) is 2.67. The third-order valence-electron chi connectivity index (χ3n) is 5.04. The summed E-state index contributed by atoms with van der Waals surface area (Å²) >= 11 is 0. The van der Waals surface area contributed by atoms with E-state index in [1.165, 1.54) is 18.4 Å². The normalized spacial score (nSPS) is 21.1. The smallest absolute Gasteiger partial charge is 0.191 e. The van der Waals surface area contributed by atoms with Crippen LogP contribution in [0, 0.1) is 5.92 Å². The summed E-state index contributed by atoms with van der Waals surface area (Å²) in [4.78, 5) is 7.33. The van der Waals surface area contributed by atoms with Gasteiger partial charge in [-0.2, -0.15) is 0 Å². The highest BCUT2D eigenvalue weighted by molar-refractivity contribution is 5.79. The van der Waals surface area contributed by atoms with Gasteiger partial charge in [-0.1, -0.05) is 12.1 Å². The van der Waals surface area contributed by atoms with Gasteiger partial charge in [-0.25, -0.2) is 0 Å². The Balaban J connectivity index is 2.04. The second-order valence-electron chi connectivity index (χ2n) is 6.94.